The van der Waals surface area contributed by atoms with Gasteiger partial charge in [0.15, 0.2) is 6.04 Å². The van der Waals surface area contributed by atoms with E-state index in [4.69, 9.17) is 16.3 Å². The summed E-state index contributed by atoms with van der Waals surface area (Å²) in [7, 11) is 1.37. The van der Waals surface area contributed by atoms with Crippen molar-refractivity contribution < 1.29 is 9.53 Å². The van der Waals surface area contributed by atoms with Crippen molar-refractivity contribution in [3.8, 4) is 0 Å². The SMILES string of the molecule is COC(=O)C(Nc1cccc(Cl)c1)c1ccc(C)c(Br)c1. The van der Waals surface area contributed by atoms with Crippen molar-refractivity contribution in [1.82, 2.24) is 0 Å². The van der Waals surface area contributed by atoms with Crippen LogP contribution in [0, 0.1) is 6.92 Å². The molecule has 0 bridgehead atoms. The molecule has 21 heavy (non-hydrogen) atoms. The zero-order chi connectivity index (χ0) is 15.4. The number of anilines is 1. The molecular weight excluding hydrogens is 354 g/mol. The van der Waals surface area contributed by atoms with E-state index in [-0.39, 0.29) is 5.97 Å². The Balaban J connectivity index is 2.34. The van der Waals surface area contributed by atoms with Crippen molar-refractivity contribution in [1.29, 1.82) is 0 Å². The summed E-state index contributed by atoms with van der Waals surface area (Å²) >= 11 is 9.45. The van der Waals surface area contributed by atoms with E-state index >= 15 is 0 Å². The van der Waals surface area contributed by atoms with Crippen LogP contribution in [0.1, 0.15) is 17.2 Å². The molecule has 0 fully saturated rings. The third-order valence-corrected chi connectivity index (χ3v) is 4.19. The molecule has 0 aliphatic rings. The Morgan fingerprint density at radius 1 is 1.29 bits per heavy atom. The quantitative estimate of drug-likeness (QED) is 0.792. The molecule has 1 N–H and O–H groups in total. The van der Waals surface area contributed by atoms with Gasteiger partial charge in [-0.15, -0.1) is 0 Å². The maximum atomic E-state index is 12.1. The molecule has 2 rings (SSSR count). The van der Waals surface area contributed by atoms with E-state index in [1.807, 2.05) is 37.3 Å². The second-order valence-corrected chi connectivity index (χ2v) is 5.91. The summed E-state index contributed by atoms with van der Waals surface area (Å²) in [6.45, 7) is 1.99. The van der Waals surface area contributed by atoms with Gasteiger partial charge in [-0.05, 0) is 42.3 Å². The predicted molar refractivity (Wildman–Crippen MR) is 88.7 cm³/mol. The number of hydrogen-bond acceptors (Lipinski definition) is 3. The molecule has 0 spiro atoms. The van der Waals surface area contributed by atoms with Gasteiger partial charge in [0.25, 0.3) is 0 Å². The number of benzene rings is 2. The lowest BCUT2D eigenvalue weighted by molar-refractivity contribution is -0.141. The van der Waals surface area contributed by atoms with Gasteiger partial charge in [-0.3, -0.25) is 0 Å². The molecule has 2 aromatic rings. The third kappa shape index (κ3) is 3.99. The number of nitrogens with one attached hydrogen (secondary N) is 1. The largest absolute Gasteiger partial charge is 0.467 e. The topological polar surface area (TPSA) is 38.3 Å². The number of hydrogen-bond donors (Lipinski definition) is 1. The molecule has 3 nitrogen and oxygen atoms in total. The van der Waals surface area contributed by atoms with E-state index in [9.17, 15) is 4.79 Å². The van der Waals surface area contributed by atoms with Gasteiger partial charge >= 0.3 is 5.97 Å². The highest BCUT2D eigenvalue weighted by Gasteiger charge is 2.22. The van der Waals surface area contributed by atoms with Gasteiger partial charge in [-0.25, -0.2) is 4.79 Å². The molecule has 0 aliphatic heterocycles. The highest BCUT2D eigenvalue weighted by atomic mass is 79.9. The van der Waals surface area contributed by atoms with Crippen LogP contribution < -0.4 is 5.32 Å². The Morgan fingerprint density at radius 2 is 2.05 bits per heavy atom. The molecule has 0 radical (unpaired) electrons. The number of ether oxygens (including phenoxy) is 1. The Labute approximate surface area is 137 Å². The second-order valence-electron chi connectivity index (χ2n) is 4.62. The molecule has 0 saturated heterocycles. The van der Waals surface area contributed by atoms with E-state index in [2.05, 4.69) is 21.2 Å². The average Bonchev–Trinajstić information content (AvgIpc) is 2.47. The zero-order valence-electron chi connectivity index (χ0n) is 11.7. The minimum atomic E-state index is -0.592. The van der Waals surface area contributed by atoms with Crippen LogP contribution in [0.15, 0.2) is 46.9 Å². The summed E-state index contributed by atoms with van der Waals surface area (Å²) < 4.78 is 5.84. The lowest BCUT2D eigenvalue weighted by Crippen LogP contribution is -2.22. The van der Waals surface area contributed by atoms with E-state index in [0.717, 1.165) is 21.3 Å². The molecule has 0 aromatic heterocycles. The minimum absolute atomic E-state index is 0.356. The molecule has 0 aliphatic carbocycles. The normalized spacial score (nSPS) is 11.8. The maximum absolute atomic E-state index is 12.1. The first-order valence-corrected chi connectivity index (χ1v) is 7.54. The number of carbonyl (C=O) groups is 1. The monoisotopic (exact) mass is 367 g/mol. The number of methoxy groups -OCH3 is 1. The van der Waals surface area contributed by atoms with Gasteiger partial charge in [-0.2, -0.15) is 0 Å². The van der Waals surface area contributed by atoms with Crippen molar-refractivity contribution in [3.05, 3.63) is 63.1 Å². The fourth-order valence-electron chi connectivity index (χ4n) is 1.93. The van der Waals surface area contributed by atoms with Crippen LogP contribution in [0.2, 0.25) is 5.02 Å². The van der Waals surface area contributed by atoms with E-state index < -0.39 is 6.04 Å². The molecule has 0 heterocycles. The van der Waals surface area contributed by atoms with Gasteiger partial charge < -0.3 is 10.1 Å². The summed E-state index contributed by atoms with van der Waals surface area (Å²) in [5, 5.41) is 3.76. The molecule has 1 atom stereocenters. The Bertz CT molecular complexity index is 660. The summed E-state index contributed by atoms with van der Waals surface area (Å²) in [6, 6.07) is 12.4. The number of esters is 1. The highest BCUT2D eigenvalue weighted by Crippen LogP contribution is 2.26. The standard InChI is InChI=1S/C16H15BrClNO2/c1-10-6-7-11(8-14(10)17)15(16(20)21-2)19-13-5-3-4-12(18)9-13/h3-9,15,19H,1-2H3. The molecule has 5 heteroatoms. The summed E-state index contributed by atoms with van der Waals surface area (Å²) in [6.07, 6.45) is 0. The highest BCUT2D eigenvalue weighted by molar-refractivity contribution is 9.10. The number of rotatable bonds is 4. The smallest absolute Gasteiger partial charge is 0.332 e. The Kier molecular flexibility index (Phi) is 5.26. The van der Waals surface area contributed by atoms with Crippen LogP contribution in [0.3, 0.4) is 0 Å². The molecule has 2 aromatic carbocycles. The van der Waals surface area contributed by atoms with Gasteiger partial charge in [0.05, 0.1) is 7.11 Å². The number of aryl methyl sites for hydroxylation is 1. The van der Waals surface area contributed by atoms with E-state index in [1.165, 1.54) is 7.11 Å². The van der Waals surface area contributed by atoms with E-state index in [1.54, 1.807) is 12.1 Å². The van der Waals surface area contributed by atoms with Gasteiger partial charge in [0.1, 0.15) is 0 Å². The van der Waals surface area contributed by atoms with Crippen LogP contribution in [0.25, 0.3) is 0 Å². The summed E-state index contributed by atoms with van der Waals surface area (Å²) in [5.74, 6) is -0.356. The second kappa shape index (κ2) is 6.96. The molecule has 1 unspecified atom stereocenters. The maximum Gasteiger partial charge on any atom is 0.332 e. The number of halogens is 2. The molecular formula is C16H15BrClNO2. The summed E-state index contributed by atoms with van der Waals surface area (Å²) in [5.41, 5.74) is 2.68. The fraction of sp³-hybridized carbons (Fsp3) is 0.188. The van der Waals surface area contributed by atoms with Gasteiger partial charge in [-0.1, -0.05) is 45.7 Å². The van der Waals surface area contributed by atoms with Crippen LogP contribution in [-0.2, 0) is 9.53 Å². The Hall–Kier alpha value is -1.52. The minimum Gasteiger partial charge on any atom is -0.467 e. The van der Waals surface area contributed by atoms with Crippen molar-refractivity contribution in [2.24, 2.45) is 0 Å². The lowest BCUT2D eigenvalue weighted by Gasteiger charge is -2.19. The van der Waals surface area contributed by atoms with Crippen molar-refractivity contribution >= 4 is 39.2 Å². The summed E-state index contributed by atoms with van der Waals surface area (Å²) in [4.78, 5) is 12.1. The Morgan fingerprint density at radius 3 is 2.67 bits per heavy atom. The van der Waals surface area contributed by atoms with Gasteiger partial charge in [0.2, 0.25) is 0 Å². The van der Waals surface area contributed by atoms with Crippen molar-refractivity contribution in [2.75, 3.05) is 12.4 Å². The number of carbonyl (C=O) groups excluding carboxylic acids is 1. The third-order valence-electron chi connectivity index (χ3n) is 3.10. The molecule has 0 saturated carbocycles. The van der Waals surface area contributed by atoms with Crippen LogP contribution in [-0.4, -0.2) is 13.1 Å². The lowest BCUT2D eigenvalue weighted by atomic mass is 10.0. The molecule has 0 amide bonds. The van der Waals surface area contributed by atoms with Crippen molar-refractivity contribution in [2.45, 2.75) is 13.0 Å². The van der Waals surface area contributed by atoms with Gasteiger partial charge in [0, 0.05) is 15.2 Å². The first kappa shape index (κ1) is 15.9. The molecule has 110 valence electrons. The van der Waals surface area contributed by atoms with Crippen LogP contribution >= 0.6 is 27.5 Å². The van der Waals surface area contributed by atoms with Crippen LogP contribution in [0.5, 0.6) is 0 Å². The van der Waals surface area contributed by atoms with Crippen molar-refractivity contribution in [3.63, 3.8) is 0 Å². The van der Waals surface area contributed by atoms with E-state index in [0.29, 0.717) is 5.02 Å². The zero-order valence-corrected chi connectivity index (χ0v) is 14.0. The first-order valence-electron chi connectivity index (χ1n) is 6.37. The predicted octanol–water partition coefficient (Wildman–Crippen LogP) is 4.74. The first-order chi connectivity index (χ1) is 10.0. The van der Waals surface area contributed by atoms with Crippen LogP contribution in [0.4, 0.5) is 5.69 Å². The fourth-order valence-corrected chi connectivity index (χ4v) is 2.52. The average molecular weight is 369 g/mol.